The summed E-state index contributed by atoms with van der Waals surface area (Å²) < 4.78 is 1.83. The number of nitrogens with one attached hydrogen (secondary N) is 1. The van der Waals surface area contributed by atoms with Gasteiger partial charge in [-0.05, 0) is 45.5 Å². The van der Waals surface area contributed by atoms with Crippen LogP contribution in [0.25, 0.3) is 5.82 Å². The van der Waals surface area contributed by atoms with E-state index in [9.17, 15) is 0 Å². The van der Waals surface area contributed by atoms with E-state index in [0.717, 1.165) is 29.4 Å². The van der Waals surface area contributed by atoms with Crippen LogP contribution in [0.4, 0.5) is 0 Å². The van der Waals surface area contributed by atoms with Crippen molar-refractivity contribution >= 4 is 0 Å². The highest BCUT2D eigenvalue weighted by molar-refractivity contribution is 5.30. The monoisotopic (exact) mass is 231 g/mol. The van der Waals surface area contributed by atoms with E-state index in [2.05, 4.69) is 27.5 Å². The lowest BCUT2D eigenvalue weighted by molar-refractivity contribution is 0.735. The van der Waals surface area contributed by atoms with Gasteiger partial charge in [0.05, 0.1) is 11.4 Å². The van der Waals surface area contributed by atoms with Crippen molar-refractivity contribution < 1.29 is 0 Å². The Morgan fingerprint density at radius 1 is 1.18 bits per heavy atom. The Morgan fingerprint density at radius 3 is 2.41 bits per heavy atom. The second-order valence-corrected chi connectivity index (χ2v) is 4.12. The van der Waals surface area contributed by atoms with Crippen LogP contribution in [0.2, 0.25) is 0 Å². The Balaban J connectivity index is 2.36. The maximum absolute atomic E-state index is 4.45. The van der Waals surface area contributed by atoms with Crippen LogP contribution in [0.1, 0.15) is 22.6 Å². The van der Waals surface area contributed by atoms with Gasteiger partial charge < -0.3 is 5.32 Å². The average Bonchev–Trinajstić information content (AvgIpc) is 2.59. The Hall–Kier alpha value is -1.75. The lowest BCUT2D eigenvalue weighted by atomic mass is 10.2. The fourth-order valence-corrected chi connectivity index (χ4v) is 1.68. The highest BCUT2D eigenvalue weighted by Crippen LogP contribution is 2.14. The van der Waals surface area contributed by atoms with Gasteiger partial charge >= 0.3 is 0 Å². The van der Waals surface area contributed by atoms with E-state index >= 15 is 0 Å². The fourth-order valence-electron chi connectivity index (χ4n) is 1.68. The topological polar surface area (TPSA) is 55.6 Å². The molecule has 5 heteroatoms. The molecule has 2 aromatic heterocycles. The summed E-state index contributed by atoms with van der Waals surface area (Å²) in [6, 6.07) is 3.91. The zero-order valence-corrected chi connectivity index (χ0v) is 10.7. The molecule has 0 amide bonds. The van der Waals surface area contributed by atoms with Gasteiger partial charge in [-0.2, -0.15) is 10.2 Å². The predicted octanol–water partition coefficient (Wildman–Crippen LogP) is 1.31. The maximum atomic E-state index is 4.45. The highest BCUT2D eigenvalue weighted by atomic mass is 15.3. The molecule has 0 saturated heterocycles. The summed E-state index contributed by atoms with van der Waals surface area (Å²) in [6.07, 6.45) is 0. The van der Waals surface area contributed by atoms with Crippen molar-refractivity contribution in [3.63, 3.8) is 0 Å². The molecule has 2 heterocycles. The zero-order valence-electron chi connectivity index (χ0n) is 10.7. The van der Waals surface area contributed by atoms with Crippen molar-refractivity contribution in [2.45, 2.75) is 27.3 Å². The first-order valence-electron chi connectivity index (χ1n) is 5.64. The lowest BCUT2D eigenvalue weighted by Gasteiger charge is -2.03. The van der Waals surface area contributed by atoms with Crippen LogP contribution in [-0.4, -0.2) is 27.0 Å². The molecule has 5 nitrogen and oxygen atoms in total. The number of aromatic nitrogens is 4. The third-order valence-electron chi connectivity index (χ3n) is 2.93. The first kappa shape index (κ1) is 11.7. The molecular formula is C12H17N5. The Kier molecular flexibility index (Phi) is 3.19. The smallest absolute Gasteiger partial charge is 0.175 e. The van der Waals surface area contributed by atoms with Crippen LogP contribution in [-0.2, 0) is 6.54 Å². The number of aryl methyl sites for hydroxylation is 1. The number of hydrogen-bond donors (Lipinski definition) is 1. The van der Waals surface area contributed by atoms with Crippen LogP contribution >= 0.6 is 0 Å². The minimum atomic E-state index is 0.726. The van der Waals surface area contributed by atoms with E-state index in [1.165, 1.54) is 5.56 Å². The third-order valence-corrected chi connectivity index (χ3v) is 2.93. The van der Waals surface area contributed by atoms with Gasteiger partial charge in [-0.25, -0.2) is 4.68 Å². The first-order valence-corrected chi connectivity index (χ1v) is 5.64. The highest BCUT2D eigenvalue weighted by Gasteiger charge is 2.09. The van der Waals surface area contributed by atoms with Crippen LogP contribution in [0.3, 0.4) is 0 Å². The number of hydrogen-bond acceptors (Lipinski definition) is 4. The molecule has 0 aliphatic rings. The summed E-state index contributed by atoms with van der Waals surface area (Å²) in [6.45, 7) is 6.83. The van der Waals surface area contributed by atoms with Crippen molar-refractivity contribution in [3.8, 4) is 5.82 Å². The third kappa shape index (κ3) is 2.19. The Labute approximate surface area is 101 Å². The molecule has 0 aromatic carbocycles. The fraction of sp³-hybridized carbons (Fsp3) is 0.417. The van der Waals surface area contributed by atoms with Gasteiger partial charge in [0, 0.05) is 12.2 Å². The minimum absolute atomic E-state index is 0.726. The van der Waals surface area contributed by atoms with Gasteiger partial charge in [0.25, 0.3) is 0 Å². The quantitative estimate of drug-likeness (QED) is 0.865. The van der Waals surface area contributed by atoms with Crippen LogP contribution in [0.5, 0.6) is 0 Å². The lowest BCUT2D eigenvalue weighted by Crippen LogP contribution is -2.09. The SMILES string of the molecule is CNCc1ccc(-n2nc(C)c(C)c2C)nn1. The molecule has 2 rings (SSSR count). The molecule has 1 N–H and O–H groups in total. The van der Waals surface area contributed by atoms with E-state index in [0.29, 0.717) is 0 Å². The average molecular weight is 231 g/mol. The van der Waals surface area contributed by atoms with Crippen molar-refractivity contribution in [2.24, 2.45) is 0 Å². The molecule has 0 atom stereocenters. The molecule has 0 fully saturated rings. The number of nitrogens with zero attached hydrogens (tertiary/aromatic N) is 4. The van der Waals surface area contributed by atoms with E-state index in [4.69, 9.17) is 0 Å². The molecule has 2 aromatic rings. The molecule has 17 heavy (non-hydrogen) atoms. The first-order chi connectivity index (χ1) is 8.13. The summed E-state index contributed by atoms with van der Waals surface area (Å²) >= 11 is 0. The summed E-state index contributed by atoms with van der Waals surface area (Å²) in [5.41, 5.74) is 4.27. The molecule has 0 radical (unpaired) electrons. The second kappa shape index (κ2) is 4.63. The molecule has 0 saturated carbocycles. The van der Waals surface area contributed by atoms with E-state index in [1.54, 1.807) is 0 Å². The van der Waals surface area contributed by atoms with E-state index in [1.807, 2.05) is 37.7 Å². The predicted molar refractivity (Wildman–Crippen MR) is 66.1 cm³/mol. The summed E-state index contributed by atoms with van der Waals surface area (Å²) in [7, 11) is 1.89. The molecule has 0 aliphatic heterocycles. The molecule has 0 aliphatic carbocycles. The summed E-state index contributed by atoms with van der Waals surface area (Å²) in [5, 5.41) is 15.8. The van der Waals surface area contributed by atoms with Crippen LogP contribution < -0.4 is 5.32 Å². The van der Waals surface area contributed by atoms with Crippen LogP contribution in [0, 0.1) is 20.8 Å². The normalized spacial score (nSPS) is 10.8. The van der Waals surface area contributed by atoms with Crippen LogP contribution in [0.15, 0.2) is 12.1 Å². The molecule has 90 valence electrons. The molecule has 0 spiro atoms. The minimum Gasteiger partial charge on any atom is -0.314 e. The molecule has 0 unspecified atom stereocenters. The largest absolute Gasteiger partial charge is 0.314 e. The number of rotatable bonds is 3. The van der Waals surface area contributed by atoms with Gasteiger partial charge in [0.15, 0.2) is 5.82 Å². The molecular weight excluding hydrogens is 214 g/mol. The summed E-state index contributed by atoms with van der Waals surface area (Å²) in [5.74, 6) is 0.763. The standard InChI is InChI=1S/C12H17N5/c1-8-9(2)16-17(10(8)3)12-6-5-11(7-13-4)14-15-12/h5-6,13H,7H2,1-4H3. The van der Waals surface area contributed by atoms with Crippen molar-refractivity contribution in [1.82, 2.24) is 25.3 Å². The van der Waals surface area contributed by atoms with Crippen molar-refractivity contribution in [2.75, 3.05) is 7.05 Å². The second-order valence-electron chi connectivity index (χ2n) is 4.12. The van der Waals surface area contributed by atoms with Crippen molar-refractivity contribution in [1.29, 1.82) is 0 Å². The Bertz CT molecular complexity index is 512. The Morgan fingerprint density at radius 2 is 1.94 bits per heavy atom. The van der Waals surface area contributed by atoms with Gasteiger partial charge in [-0.1, -0.05) is 0 Å². The van der Waals surface area contributed by atoms with E-state index < -0.39 is 0 Å². The van der Waals surface area contributed by atoms with E-state index in [-0.39, 0.29) is 0 Å². The zero-order chi connectivity index (χ0) is 12.4. The maximum Gasteiger partial charge on any atom is 0.175 e. The van der Waals surface area contributed by atoms with Gasteiger partial charge in [-0.3, -0.25) is 0 Å². The van der Waals surface area contributed by atoms with Gasteiger partial charge in [-0.15, -0.1) is 5.10 Å². The summed E-state index contributed by atoms with van der Waals surface area (Å²) in [4.78, 5) is 0. The molecule has 0 bridgehead atoms. The van der Waals surface area contributed by atoms with Gasteiger partial charge in [0.1, 0.15) is 0 Å². The van der Waals surface area contributed by atoms with Crippen molar-refractivity contribution in [3.05, 3.63) is 34.8 Å². The van der Waals surface area contributed by atoms with Gasteiger partial charge in [0.2, 0.25) is 0 Å².